The van der Waals surface area contributed by atoms with Crippen LogP contribution in [0.4, 0.5) is 5.69 Å². The van der Waals surface area contributed by atoms with Gasteiger partial charge < -0.3 is 19.5 Å². The Bertz CT molecular complexity index is 1090. The molecule has 0 bridgehead atoms. The highest BCUT2D eigenvalue weighted by Crippen LogP contribution is 2.31. The number of anilines is 1. The third-order valence-electron chi connectivity index (χ3n) is 5.33. The van der Waals surface area contributed by atoms with Crippen LogP contribution in [0.25, 0.3) is 11.1 Å². The summed E-state index contributed by atoms with van der Waals surface area (Å²) in [5.41, 5.74) is 3.48. The third-order valence-corrected chi connectivity index (χ3v) is 5.33. The molecule has 1 amide bonds. The number of hydrogen-bond acceptors (Lipinski definition) is 5. The normalized spacial score (nSPS) is 16.5. The highest BCUT2D eigenvalue weighted by Gasteiger charge is 2.31. The van der Waals surface area contributed by atoms with Crippen LogP contribution in [0.3, 0.4) is 0 Å². The minimum absolute atomic E-state index is 0.132. The van der Waals surface area contributed by atoms with Crippen LogP contribution in [0, 0.1) is 0 Å². The van der Waals surface area contributed by atoms with Gasteiger partial charge in [-0.25, -0.2) is 0 Å². The van der Waals surface area contributed by atoms with Crippen LogP contribution in [0.2, 0.25) is 0 Å². The van der Waals surface area contributed by atoms with Gasteiger partial charge in [0.1, 0.15) is 6.04 Å². The molecule has 30 heavy (non-hydrogen) atoms. The van der Waals surface area contributed by atoms with Crippen molar-refractivity contribution in [2.24, 2.45) is 7.05 Å². The van der Waals surface area contributed by atoms with Crippen molar-refractivity contribution in [1.82, 2.24) is 19.7 Å². The summed E-state index contributed by atoms with van der Waals surface area (Å²) in [6, 6.07) is 11.2. The van der Waals surface area contributed by atoms with Crippen LogP contribution in [0.5, 0.6) is 0 Å². The summed E-state index contributed by atoms with van der Waals surface area (Å²) >= 11 is 0. The Balaban J connectivity index is 1.73. The molecule has 8 heteroatoms. The fourth-order valence-electron chi connectivity index (χ4n) is 3.72. The number of benzene rings is 1. The van der Waals surface area contributed by atoms with Crippen molar-refractivity contribution in [2.45, 2.75) is 12.6 Å². The molecule has 156 valence electrons. The van der Waals surface area contributed by atoms with Crippen LogP contribution < -0.4 is 15.8 Å². The highest BCUT2D eigenvalue weighted by atomic mass is 16.5. The van der Waals surface area contributed by atoms with Gasteiger partial charge in [0.05, 0.1) is 31.6 Å². The van der Waals surface area contributed by atoms with Crippen LogP contribution >= 0.6 is 0 Å². The summed E-state index contributed by atoms with van der Waals surface area (Å²) in [5.74, 6) is -0.138. The second-order valence-electron chi connectivity index (χ2n) is 7.33. The van der Waals surface area contributed by atoms with Crippen LogP contribution in [0.15, 0.2) is 59.8 Å². The average molecular weight is 407 g/mol. The van der Waals surface area contributed by atoms with E-state index in [0.29, 0.717) is 25.4 Å². The van der Waals surface area contributed by atoms with E-state index >= 15 is 0 Å². The minimum Gasteiger partial charge on any atom is -0.377 e. The number of rotatable bonds is 5. The number of likely N-dealkylation sites (N-methyl/N-ethyl adjacent to an activating group) is 1. The lowest BCUT2D eigenvalue weighted by molar-refractivity contribution is -0.124. The number of nitrogens with zero attached hydrogens (tertiary/aromatic N) is 4. The maximum Gasteiger partial charge on any atom is 0.252 e. The van der Waals surface area contributed by atoms with Gasteiger partial charge in [-0.05, 0) is 5.56 Å². The minimum atomic E-state index is -0.492. The molecule has 0 aliphatic carbocycles. The van der Waals surface area contributed by atoms with Gasteiger partial charge in [0.15, 0.2) is 0 Å². The lowest BCUT2D eigenvalue weighted by Gasteiger charge is -2.37. The molecule has 1 aromatic carbocycles. The first kappa shape index (κ1) is 19.9. The number of aromatic nitrogens is 3. The van der Waals surface area contributed by atoms with E-state index in [1.165, 1.54) is 0 Å². The zero-order chi connectivity index (χ0) is 21.1. The molecule has 2 aromatic heterocycles. The number of carbonyl (C=O) groups excluding carboxylic acids is 1. The first-order valence-corrected chi connectivity index (χ1v) is 9.90. The first-order chi connectivity index (χ1) is 14.6. The number of hydrogen-bond donors (Lipinski definition) is 1. The average Bonchev–Trinajstić information content (AvgIpc) is 3.23. The quantitative estimate of drug-likeness (QED) is 0.689. The van der Waals surface area contributed by atoms with E-state index in [1.54, 1.807) is 37.1 Å². The van der Waals surface area contributed by atoms with Crippen LogP contribution in [-0.4, -0.2) is 53.1 Å². The SMILES string of the molecule is CNC(=O)[C@H]1COCCN1c1cc(=O)n(C)cc1-c1cnn(Cc2ccccc2)c1. The largest absolute Gasteiger partial charge is 0.377 e. The van der Waals surface area contributed by atoms with Crippen LogP contribution in [-0.2, 0) is 23.1 Å². The number of ether oxygens (including phenoxy) is 1. The molecule has 0 saturated carbocycles. The number of aryl methyl sites for hydroxylation is 1. The van der Waals surface area contributed by atoms with E-state index in [1.807, 2.05) is 34.0 Å². The molecule has 3 heterocycles. The second-order valence-corrected chi connectivity index (χ2v) is 7.33. The number of carbonyl (C=O) groups is 1. The summed E-state index contributed by atoms with van der Waals surface area (Å²) in [5, 5.41) is 7.19. The van der Waals surface area contributed by atoms with Gasteiger partial charge in [-0.15, -0.1) is 0 Å². The summed E-state index contributed by atoms with van der Waals surface area (Å²) < 4.78 is 8.94. The maximum absolute atomic E-state index is 12.4. The van der Waals surface area contributed by atoms with Crippen molar-refractivity contribution in [2.75, 3.05) is 31.7 Å². The van der Waals surface area contributed by atoms with Crippen molar-refractivity contribution in [3.63, 3.8) is 0 Å². The number of morpholine rings is 1. The molecule has 1 saturated heterocycles. The van der Waals surface area contributed by atoms with Gasteiger partial charge in [-0.1, -0.05) is 30.3 Å². The first-order valence-electron chi connectivity index (χ1n) is 9.90. The summed E-state index contributed by atoms with van der Waals surface area (Å²) in [6.07, 6.45) is 5.56. The predicted molar refractivity (Wildman–Crippen MR) is 114 cm³/mol. The number of pyridine rings is 1. The van der Waals surface area contributed by atoms with Gasteiger partial charge >= 0.3 is 0 Å². The molecule has 0 spiro atoms. The Kier molecular flexibility index (Phi) is 5.67. The second kappa shape index (κ2) is 8.54. The Morgan fingerprint density at radius 3 is 2.83 bits per heavy atom. The van der Waals surface area contributed by atoms with Crippen molar-refractivity contribution in [1.29, 1.82) is 0 Å². The lowest BCUT2D eigenvalue weighted by Crippen LogP contribution is -2.53. The molecule has 1 atom stereocenters. The molecule has 1 N–H and O–H groups in total. The zero-order valence-corrected chi connectivity index (χ0v) is 17.1. The number of nitrogens with one attached hydrogen (secondary N) is 1. The lowest BCUT2D eigenvalue weighted by atomic mass is 10.1. The molecular formula is C22H25N5O3. The van der Waals surface area contributed by atoms with Gasteiger partial charge in [0.25, 0.3) is 5.56 Å². The predicted octanol–water partition coefficient (Wildman–Crippen LogP) is 1.25. The highest BCUT2D eigenvalue weighted by molar-refractivity contribution is 5.88. The van der Waals surface area contributed by atoms with E-state index in [2.05, 4.69) is 22.5 Å². The third kappa shape index (κ3) is 3.99. The molecular weight excluding hydrogens is 382 g/mol. The monoisotopic (exact) mass is 407 g/mol. The zero-order valence-electron chi connectivity index (χ0n) is 17.1. The van der Waals surface area contributed by atoms with E-state index in [-0.39, 0.29) is 18.1 Å². The molecule has 1 aliphatic heterocycles. The van der Waals surface area contributed by atoms with Crippen molar-refractivity contribution in [3.8, 4) is 11.1 Å². The maximum atomic E-state index is 12.4. The molecule has 3 aromatic rings. The fraction of sp³-hybridized carbons (Fsp3) is 0.318. The molecule has 0 radical (unpaired) electrons. The van der Waals surface area contributed by atoms with Gasteiger partial charge in [0, 0.05) is 50.2 Å². The Morgan fingerprint density at radius 1 is 1.27 bits per heavy atom. The molecule has 1 aliphatic rings. The molecule has 1 fully saturated rings. The standard InChI is InChI=1S/C22H25N5O3/c1-23-22(29)20-15-30-9-8-27(20)19-10-21(28)25(2)14-18(19)17-11-24-26(13-17)12-16-6-4-3-5-7-16/h3-7,10-11,13-14,20H,8-9,12,15H2,1-2H3,(H,23,29)/t20-/m1/s1. The van der Waals surface area contributed by atoms with E-state index in [4.69, 9.17) is 4.74 Å². The topological polar surface area (TPSA) is 81.4 Å². The summed E-state index contributed by atoms with van der Waals surface area (Å²) in [7, 11) is 3.33. The van der Waals surface area contributed by atoms with E-state index < -0.39 is 6.04 Å². The van der Waals surface area contributed by atoms with Crippen LogP contribution in [0.1, 0.15) is 5.56 Å². The summed E-state index contributed by atoms with van der Waals surface area (Å²) in [4.78, 5) is 26.8. The Labute approximate surface area is 174 Å². The van der Waals surface area contributed by atoms with Gasteiger partial charge in [0.2, 0.25) is 5.91 Å². The van der Waals surface area contributed by atoms with Gasteiger partial charge in [-0.2, -0.15) is 5.10 Å². The van der Waals surface area contributed by atoms with E-state index in [9.17, 15) is 9.59 Å². The Morgan fingerprint density at radius 2 is 2.07 bits per heavy atom. The molecule has 0 unspecified atom stereocenters. The molecule has 8 nitrogen and oxygen atoms in total. The van der Waals surface area contributed by atoms with E-state index in [0.717, 1.165) is 16.7 Å². The van der Waals surface area contributed by atoms with Crippen molar-refractivity contribution < 1.29 is 9.53 Å². The summed E-state index contributed by atoms with van der Waals surface area (Å²) in [6.45, 7) is 1.95. The fourth-order valence-corrected chi connectivity index (χ4v) is 3.72. The van der Waals surface area contributed by atoms with Gasteiger partial charge in [-0.3, -0.25) is 14.3 Å². The van der Waals surface area contributed by atoms with Crippen molar-refractivity contribution >= 4 is 11.6 Å². The Hall–Kier alpha value is -3.39. The molecule has 4 rings (SSSR count). The number of amides is 1. The smallest absolute Gasteiger partial charge is 0.252 e. The van der Waals surface area contributed by atoms with Crippen molar-refractivity contribution in [3.05, 3.63) is 70.9 Å².